The van der Waals surface area contributed by atoms with Crippen molar-refractivity contribution in [1.29, 1.82) is 0 Å². The summed E-state index contributed by atoms with van der Waals surface area (Å²) in [6.45, 7) is 6.48. The third kappa shape index (κ3) is 4.53. The van der Waals surface area contributed by atoms with Crippen molar-refractivity contribution in [1.82, 2.24) is 10.3 Å². The minimum absolute atomic E-state index is 0.0967. The highest BCUT2D eigenvalue weighted by molar-refractivity contribution is 7.11. The van der Waals surface area contributed by atoms with Crippen LogP contribution in [0.25, 0.3) is 0 Å². The van der Waals surface area contributed by atoms with Gasteiger partial charge in [-0.2, -0.15) is 0 Å². The van der Waals surface area contributed by atoms with Gasteiger partial charge in [-0.25, -0.2) is 9.37 Å². The molecule has 0 spiro atoms. The van der Waals surface area contributed by atoms with Gasteiger partial charge >= 0.3 is 0 Å². The molecule has 0 bridgehead atoms. The molecular formula is C16H19FN2O2S. The Labute approximate surface area is 133 Å². The lowest BCUT2D eigenvalue weighted by molar-refractivity contribution is -0.123. The highest BCUT2D eigenvalue weighted by Gasteiger charge is 2.11. The minimum atomic E-state index is -0.335. The standard InChI is InChI=1S/C16H19FN2O2S/c1-10(2)16-19-11(3)14(22-16)8-18-15(20)9-21-13-6-4-12(17)5-7-13/h4-7,10H,8-9H2,1-3H3,(H,18,20). The molecule has 2 rings (SSSR count). The third-order valence-corrected chi connectivity index (χ3v) is 4.49. The molecular weight excluding hydrogens is 303 g/mol. The number of hydrogen-bond donors (Lipinski definition) is 1. The number of rotatable bonds is 6. The predicted molar refractivity (Wildman–Crippen MR) is 84.7 cm³/mol. The first kappa shape index (κ1) is 16.4. The molecule has 118 valence electrons. The van der Waals surface area contributed by atoms with Crippen LogP contribution in [-0.4, -0.2) is 17.5 Å². The molecule has 1 amide bonds. The molecule has 0 aliphatic heterocycles. The molecule has 22 heavy (non-hydrogen) atoms. The first-order chi connectivity index (χ1) is 10.5. The Morgan fingerprint density at radius 2 is 2.05 bits per heavy atom. The molecule has 0 saturated heterocycles. The SMILES string of the molecule is Cc1nc(C(C)C)sc1CNC(=O)COc1ccc(F)cc1. The summed E-state index contributed by atoms with van der Waals surface area (Å²) in [7, 11) is 0. The molecule has 2 aromatic rings. The quantitative estimate of drug-likeness (QED) is 0.887. The number of benzene rings is 1. The van der Waals surface area contributed by atoms with Gasteiger partial charge in [0.25, 0.3) is 5.91 Å². The fraction of sp³-hybridized carbons (Fsp3) is 0.375. The van der Waals surface area contributed by atoms with Gasteiger partial charge in [-0.1, -0.05) is 13.8 Å². The van der Waals surface area contributed by atoms with Crippen LogP contribution >= 0.6 is 11.3 Å². The van der Waals surface area contributed by atoms with Crippen molar-refractivity contribution in [3.05, 3.63) is 45.7 Å². The molecule has 0 aliphatic carbocycles. The van der Waals surface area contributed by atoms with E-state index in [1.165, 1.54) is 24.3 Å². The summed E-state index contributed by atoms with van der Waals surface area (Å²) in [6.07, 6.45) is 0. The van der Waals surface area contributed by atoms with Crippen LogP contribution < -0.4 is 10.1 Å². The summed E-state index contributed by atoms with van der Waals surface area (Å²) < 4.78 is 18.0. The van der Waals surface area contributed by atoms with Gasteiger partial charge in [-0.3, -0.25) is 4.79 Å². The Hall–Kier alpha value is -1.95. The number of aromatic nitrogens is 1. The van der Waals surface area contributed by atoms with E-state index in [4.69, 9.17) is 4.74 Å². The van der Waals surface area contributed by atoms with E-state index in [0.717, 1.165) is 15.6 Å². The van der Waals surface area contributed by atoms with Gasteiger partial charge in [0, 0.05) is 10.8 Å². The second-order valence-electron chi connectivity index (χ2n) is 5.23. The molecule has 1 N–H and O–H groups in total. The van der Waals surface area contributed by atoms with E-state index in [2.05, 4.69) is 24.1 Å². The highest BCUT2D eigenvalue weighted by Crippen LogP contribution is 2.24. The smallest absolute Gasteiger partial charge is 0.258 e. The summed E-state index contributed by atoms with van der Waals surface area (Å²) in [6, 6.07) is 5.57. The average Bonchev–Trinajstić information content (AvgIpc) is 2.86. The van der Waals surface area contributed by atoms with Gasteiger partial charge in [0.05, 0.1) is 17.2 Å². The lowest BCUT2D eigenvalue weighted by Crippen LogP contribution is -2.28. The predicted octanol–water partition coefficient (Wildman–Crippen LogP) is 3.41. The van der Waals surface area contributed by atoms with Crippen LogP contribution in [0.4, 0.5) is 4.39 Å². The van der Waals surface area contributed by atoms with Gasteiger partial charge in [-0.15, -0.1) is 11.3 Å². The van der Waals surface area contributed by atoms with E-state index in [9.17, 15) is 9.18 Å². The maximum absolute atomic E-state index is 12.8. The van der Waals surface area contributed by atoms with Crippen molar-refractivity contribution in [3.8, 4) is 5.75 Å². The second kappa shape index (κ2) is 7.35. The summed E-state index contributed by atoms with van der Waals surface area (Å²) in [5.41, 5.74) is 0.952. The number of hydrogen-bond acceptors (Lipinski definition) is 4. The second-order valence-corrected chi connectivity index (χ2v) is 6.35. The number of nitrogens with one attached hydrogen (secondary N) is 1. The Balaban J connectivity index is 1.81. The fourth-order valence-corrected chi connectivity index (χ4v) is 2.78. The topological polar surface area (TPSA) is 51.2 Å². The minimum Gasteiger partial charge on any atom is -0.484 e. The Morgan fingerprint density at radius 3 is 2.64 bits per heavy atom. The van der Waals surface area contributed by atoms with Crippen molar-refractivity contribution in [2.75, 3.05) is 6.61 Å². The van der Waals surface area contributed by atoms with Gasteiger partial charge < -0.3 is 10.1 Å². The number of thiazole rings is 1. The summed E-state index contributed by atoms with van der Waals surface area (Å²) in [5, 5.41) is 3.88. The molecule has 1 aromatic heterocycles. The maximum Gasteiger partial charge on any atom is 0.258 e. The number of amides is 1. The largest absolute Gasteiger partial charge is 0.484 e. The normalized spacial score (nSPS) is 10.8. The van der Waals surface area contributed by atoms with Crippen LogP contribution in [0.5, 0.6) is 5.75 Å². The highest BCUT2D eigenvalue weighted by atomic mass is 32.1. The van der Waals surface area contributed by atoms with Gasteiger partial charge in [-0.05, 0) is 31.2 Å². The van der Waals surface area contributed by atoms with Crippen molar-refractivity contribution in [3.63, 3.8) is 0 Å². The molecule has 6 heteroatoms. The molecule has 0 saturated carbocycles. The molecule has 0 fully saturated rings. The van der Waals surface area contributed by atoms with Crippen LogP contribution in [0, 0.1) is 12.7 Å². The van der Waals surface area contributed by atoms with Crippen molar-refractivity contribution in [2.45, 2.75) is 33.2 Å². The lowest BCUT2D eigenvalue weighted by atomic mass is 10.2. The molecule has 4 nitrogen and oxygen atoms in total. The molecule has 0 unspecified atom stereocenters. The zero-order valence-electron chi connectivity index (χ0n) is 12.9. The van der Waals surface area contributed by atoms with E-state index < -0.39 is 0 Å². The number of carbonyl (C=O) groups excluding carboxylic acids is 1. The summed E-state index contributed by atoms with van der Waals surface area (Å²) >= 11 is 1.62. The van der Waals surface area contributed by atoms with E-state index >= 15 is 0 Å². The van der Waals surface area contributed by atoms with Crippen molar-refractivity contribution in [2.24, 2.45) is 0 Å². The van der Waals surface area contributed by atoms with Gasteiger partial charge in [0.15, 0.2) is 6.61 Å². The number of halogens is 1. The first-order valence-electron chi connectivity index (χ1n) is 7.07. The lowest BCUT2D eigenvalue weighted by Gasteiger charge is -2.07. The Morgan fingerprint density at radius 1 is 1.36 bits per heavy atom. The van der Waals surface area contributed by atoms with E-state index in [1.807, 2.05) is 6.92 Å². The average molecular weight is 322 g/mol. The monoisotopic (exact) mass is 322 g/mol. The van der Waals surface area contributed by atoms with Gasteiger partial charge in [0.1, 0.15) is 11.6 Å². The summed E-state index contributed by atoms with van der Waals surface area (Å²) in [5.74, 6) is 0.296. The van der Waals surface area contributed by atoms with E-state index in [1.54, 1.807) is 11.3 Å². The molecule has 1 aromatic carbocycles. The fourth-order valence-electron chi connectivity index (χ4n) is 1.77. The van der Waals surface area contributed by atoms with E-state index in [-0.39, 0.29) is 18.3 Å². The maximum atomic E-state index is 12.8. The van der Waals surface area contributed by atoms with Crippen LogP contribution in [0.3, 0.4) is 0 Å². The number of aryl methyl sites for hydroxylation is 1. The first-order valence-corrected chi connectivity index (χ1v) is 7.88. The molecule has 0 atom stereocenters. The number of nitrogens with zero attached hydrogens (tertiary/aromatic N) is 1. The van der Waals surface area contributed by atoms with Crippen LogP contribution in [-0.2, 0) is 11.3 Å². The summed E-state index contributed by atoms with van der Waals surface area (Å²) in [4.78, 5) is 17.3. The number of ether oxygens (including phenoxy) is 1. The Bertz CT molecular complexity index is 638. The number of carbonyl (C=O) groups is 1. The van der Waals surface area contributed by atoms with E-state index in [0.29, 0.717) is 18.2 Å². The van der Waals surface area contributed by atoms with Crippen LogP contribution in [0.2, 0.25) is 0 Å². The van der Waals surface area contributed by atoms with Crippen molar-refractivity contribution >= 4 is 17.2 Å². The molecule has 0 aliphatic rings. The third-order valence-electron chi connectivity index (χ3n) is 3.03. The van der Waals surface area contributed by atoms with Crippen molar-refractivity contribution < 1.29 is 13.9 Å². The zero-order valence-corrected chi connectivity index (χ0v) is 13.7. The van der Waals surface area contributed by atoms with Crippen LogP contribution in [0.1, 0.15) is 35.3 Å². The zero-order chi connectivity index (χ0) is 16.1. The van der Waals surface area contributed by atoms with Gasteiger partial charge in [0.2, 0.25) is 0 Å². The molecule has 0 radical (unpaired) electrons. The van der Waals surface area contributed by atoms with Crippen LogP contribution in [0.15, 0.2) is 24.3 Å². The molecule has 1 heterocycles. The Kier molecular flexibility index (Phi) is 5.49.